The third-order valence-corrected chi connectivity index (χ3v) is 5.34. The van der Waals surface area contributed by atoms with Crippen molar-refractivity contribution in [1.29, 1.82) is 0 Å². The summed E-state index contributed by atoms with van der Waals surface area (Å²) in [6.07, 6.45) is 2.97. The Morgan fingerprint density at radius 3 is 2.59 bits per heavy atom. The third kappa shape index (κ3) is 3.29. The number of benzene rings is 1. The molecule has 8 heteroatoms. The van der Waals surface area contributed by atoms with Crippen LogP contribution in [0, 0.1) is 13.8 Å². The second-order valence-electron chi connectivity index (χ2n) is 7.04. The van der Waals surface area contributed by atoms with Crippen molar-refractivity contribution >= 4 is 16.7 Å². The molecule has 0 aliphatic heterocycles. The molecule has 0 bridgehead atoms. The van der Waals surface area contributed by atoms with Crippen molar-refractivity contribution < 1.29 is 14.6 Å². The third-order valence-electron chi connectivity index (χ3n) is 5.34. The van der Waals surface area contributed by atoms with Crippen molar-refractivity contribution in [2.24, 2.45) is 0 Å². The molecule has 0 saturated heterocycles. The van der Waals surface area contributed by atoms with Crippen LogP contribution in [-0.4, -0.2) is 50.1 Å². The largest absolute Gasteiger partial charge is 0.493 e. The van der Waals surface area contributed by atoms with E-state index < -0.39 is 0 Å². The second-order valence-corrected chi connectivity index (χ2v) is 7.04. The van der Waals surface area contributed by atoms with Gasteiger partial charge in [-0.05, 0) is 43.5 Å². The van der Waals surface area contributed by atoms with E-state index in [9.17, 15) is 5.11 Å². The highest BCUT2D eigenvalue weighted by Crippen LogP contribution is 2.29. The van der Waals surface area contributed by atoms with Gasteiger partial charge in [0.1, 0.15) is 12.0 Å². The molecule has 0 saturated carbocycles. The number of nitrogens with zero attached hydrogens (tertiary/aromatic N) is 5. The topological polar surface area (TPSA) is 86.7 Å². The summed E-state index contributed by atoms with van der Waals surface area (Å²) in [5.74, 6) is 2.09. The zero-order valence-corrected chi connectivity index (χ0v) is 17.1. The first-order chi connectivity index (χ1) is 14.1. The van der Waals surface area contributed by atoms with Crippen molar-refractivity contribution in [3.63, 3.8) is 0 Å². The van der Waals surface area contributed by atoms with Crippen LogP contribution in [0.5, 0.6) is 11.5 Å². The molecule has 0 unspecified atom stereocenters. The van der Waals surface area contributed by atoms with Crippen LogP contribution in [-0.2, 0) is 13.0 Å². The number of aliphatic hydroxyl groups excluding tert-OH is 1. The number of hydrogen-bond donors (Lipinski definition) is 1. The lowest BCUT2D eigenvalue weighted by Crippen LogP contribution is -2.03. The molecule has 1 N–H and O–H groups in total. The molecule has 1 aromatic carbocycles. The number of aliphatic hydroxyl groups is 1. The van der Waals surface area contributed by atoms with Crippen LogP contribution < -0.4 is 9.47 Å². The Bertz CT molecular complexity index is 1180. The van der Waals surface area contributed by atoms with Gasteiger partial charge in [-0.3, -0.25) is 0 Å². The number of rotatable bonds is 7. The summed E-state index contributed by atoms with van der Waals surface area (Å²) < 4.78 is 14.6. The maximum Gasteiger partial charge on any atom is 0.168 e. The molecule has 0 amide bonds. The smallest absolute Gasteiger partial charge is 0.168 e. The Morgan fingerprint density at radius 2 is 1.86 bits per heavy atom. The number of fused-ring (bicyclic) bond motifs is 3. The summed E-state index contributed by atoms with van der Waals surface area (Å²) >= 11 is 0. The lowest BCUT2D eigenvalue weighted by atomic mass is 10.1. The van der Waals surface area contributed by atoms with Crippen molar-refractivity contribution in [2.45, 2.75) is 33.2 Å². The van der Waals surface area contributed by atoms with E-state index in [-0.39, 0.29) is 6.61 Å². The minimum atomic E-state index is 0.154. The molecule has 0 spiro atoms. The number of hydrogen-bond acceptors (Lipinski definition) is 6. The van der Waals surface area contributed by atoms with Crippen molar-refractivity contribution in [2.75, 3.05) is 20.8 Å². The molecule has 3 aromatic heterocycles. The van der Waals surface area contributed by atoms with Gasteiger partial charge in [-0.15, -0.1) is 5.10 Å². The van der Waals surface area contributed by atoms with Gasteiger partial charge in [0.2, 0.25) is 0 Å². The van der Waals surface area contributed by atoms with Crippen LogP contribution in [0.1, 0.15) is 29.1 Å². The molecule has 4 aromatic rings. The monoisotopic (exact) mass is 395 g/mol. The van der Waals surface area contributed by atoms with E-state index >= 15 is 0 Å². The lowest BCUT2D eigenvalue weighted by Gasteiger charge is -2.08. The van der Waals surface area contributed by atoms with Gasteiger partial charge < -0.3 is 19.1 Å². The minimum absolute atomic E-state index is 0.154. The Morgan fingerprint density at radius 1 is 1.07 bits per heavy atom. The molecular weight excluding hydrogens is 370 g/mol. The predicted molar refractivity (Wildman–Crippen MR) is 110 cm³/mol. The van der Waals surface area contributed by atoms with Gasteiger partial charge in [0, 0.05) is 25.3 Å². The molecule has 0 fully saturated rings. The summed E-state index contributed by atoms with van der Waals surface area (Å²) in [6, 6.07) is 5.82. The van der Waals surface area contributed by atoms with Crippen LogP contribution in [0.4, 0.5) is 0 Å². The Hall–Kier alpha value is -3.13. The molecule has 3 heterocycles. The quantitative estimate of drug-likeness (QED) is 0.518. The van der Waals surface area contributed by atoms with Crippen molar-refractivity contribution in [3.8, 4) is 11.5 Å². The summed E-state index contributed by atoms with van der Waals surface area (Å²) in [7, 11) is 3.25. The second kappa shape index (κ2) is 7.71. The van der Waals surface area contributed by atoms with E-state index in [1.165, 1.54) is 0 Å². The maximum absolute atomic E-state index is 9.21. The van der Waals surface area contributed by atoms with E-state index in [4.69, 9.17) is 14.5 Å². The molecule has 29 heavy (non-hydrogen) atoms. The lowest BCUT2D eigenvalue weighted by molar-refractivity contribution is 0.280. The van der Waals surface area contributed by atoms with Crippen molar-refractivity contribution in [3.05, 3.63) is 47.2 Å². The highest BCUT2D eigenvalue weighted by molar-refractivity contribution is 5.93. The van der Waals surface area contributed by atoms with Gasteiger partial charge in [-0.1, -0.05) is 6.07 Å². The van der Waals surface area contributed by atoms with Crippen LogP contribution in [0.2, 0.25) is 0 Å². The van der Waals surface area contributed by atoms with Gasteiger partial charge in [0.05, 0.1) is 19.6 Å². The van der Waals surface area contributed by atoms with Crippen LogP contribution in [0.15, 0.2) is 24.5 Å². The van der Waals surface area contributed by atoms with E-state index in [0.717, 1.165) is 40.0 Å². The first kappa shape index (κ1) is 19.2. The van der Waals surface area contributed by atoms with Crippen LogP contribution in [0.25, 0.3) is 16.7 Å². The average Bonchev–Trinajstić information content (AvgIpc) is 3.24. The summed E-state index contributed by atoms with van der Waals surface area (Å²) in [4.78, 5) is 9.43. The fourth-order valence-corrected chi connectivity index (χ4v) is 3.73. The summed E-state index contributed by atoms with van der Waals surface area (Å²) in [6.45, 7) is 5.03. The van der Waals surface area contributed by atoms with Gasteiger partial charge in [0.25, 0.3) is 0 Å². The molecule has 8 nitrogen and oxygen atoms in total. The average molecular weight is 395 g/mol. The standard InChI is InChI=1S/C21H25N5O3/c1-13-14(2)25(8-5-9-27)20-19(13)21-23-18(24-26(21)12-22-20)11-15-6-7-16(28-3)17(10-15)29-4/h6-7,10,12,27H,5,8-9,11H2,1-4H3. The number of ether oxygens (including phenoxy) is 2. The zero-order valence-electron chi connectivity index (χ0n) is 17.1. The molecule has 0 atom stereocenters. The summed E-state index contributed by atoms with van der Waals surface area (Å²) in [5, 5.41) is 14.8. The molecule has 0 aliphatic rings. The first-order valence-corrected chi connectivity index (χ1v) is 9.58. The molecular formula is C21H25N5O3. The maximum atomic E-state index is 9.21. The summed E-state index contributed by atoms with van der Waals surface area (Å²) in [5.41, 5.74) is 5.00. The fourth-order valence-electron chi connectivity index (χ4n) is 3.73. The van der Waals surface area contributed by atoms with Crippen LogP contribution >= 0.6 is 0 Å². The first-order valence-electron chi connectivity index (χ1n) is 9.58. The Kier molecular flexibility index (Phi) is 5.10. The van der Waals surface area contributed by atoms with Gasteiger partial charge in [-0.2, -0.15) is 0 Å². The van der Waals surface area contributed by atoms with Crippen molar-refractivity contribution in [1.82, 2.24) is 24.1 Å². The van der Waals surface area contributed by atoms with Gasteiger partial charge in [0.15, 0.2) is 23.0 Å². The van der Waals surface area contributed by atoms with E-state index in [1.807, 2.05) is 18.2 Å². The molecule has 0 radical (unpaired) electrons. The molecule has 152 valence electrons. The predicted octanol–water partition coefficient (Wildman–Crippen LogP) is 2.69. The highest BCUT2D eigenvalue weighted by Gasteiger charge is 2.18. The Balaban J connectivity index is 1.75. The van der Waals surface area contributed by atoms with Gasteiger partial charge in [-0.25, -0.2) is 14.5 Å². The zero-order chi connectivity index (χ0) is 20.5. The van der Waals surface area contributed by atoms with E-state index in [0.29, 0.717) is 30.2 Å². The van der Waals surface area contributed by atoms with Gasteiger partial charge >= 0.3 is 0 Å². The number of aromatic nitrogens is 5. The highest BCUT2D eigenvalue weighted by atomic mass is 16.5. The van der Waals surface area contributed by atoms with E-state index in [2.05, 4.69) is 28.5 Å². The van der Waals surface area contributed by atoms with Crippen LogP contribution in [0.3, 0.4) is 0 Å². The van der Waals surface area contributed by atoms with E-state index in [1.54, 1.807) is 25.1 Å². The normalized spacial score (nSPS) is 11.5. The SMILES string of the molecule is COc1ccc(Cc2nc3c4c(C)c(C)n(CCCO)c4ncn3n2)cc1OC. The minimum Gasteiger partial charge on any atom is -0.493 e. The number of methoxy groups -OCH3 is 2. The fraction of sp³-hybridized carbons (Fsp3) is 0.381. The molecule has 0 aliphatic carbocycles. The number of aryl methyl sites for hydroxylation is 2. The molecule has 4 rings (SSSR count). The Labute approximate surface area is 168 Å².